The Labute approximate surface area is 215 Å². The molecule has 37 heavy (non-hydrogen) atoms. The molecule has 5 rings (SSSR count). The minimum atomic E-state index is -0.540. The topological polar surface area (TPSA) is 130 Å². The van der Waals surface area contributed by atoms with Crippen LogP contribution in [0.4, 0.5) is 17.3 Å². The normalized spacial score (nSPS) is 16.5. The molecule has 0 aliphatic carbocycles. The third-order valence-corrected chi connectivity index (χ3v) is 6.31. The lowest BCUT2D eigenvalue weighted by Gasteiger charge is -2.24. The second-order valence-corrected chi connectivity index (χ2v) is 10.4. The molecule has 1 amide bonds. The highest BCUT2D eigenvalue weighted by molar-refractivity contribution is 5.97. The van der Waals surface area contributed by atoms with Gasteiger partial charge in [0, 0.05) is 38.4 Å². The van der Waals surface area contributed by atoms with Gasteiger partial charge in [-0.1, -0.05) is 0 Å². The van der Waals surface area contributed by atoms with Crippen molar-refractivity contribution in [1.82, 2.24) is 24.5 Å². The van der Waals surface area contributed by atoms with Gasteiger partial charge in [0.25, 0.3) is 5.91 Å². The number of carbonyl (C=O) groups is 1. The fourth-order valence-corrected chi connectivity index (χ4v) is 4.53. The molecule has 2 saturated heterocycles. The van der Waals surface area contributed by atoms with Crippen LogP contribution in [0.1, 0.15) is 62.5 Å². The lowest BCUT2D eigenvalue weighted by molar-refractivity contribution is 0.0771. The Balaban J connectivity index is 1.49. The number of hydrogen-bond donors (Lipinski definition) is 2. The fraction of sp³-hybridized carbons (Fsp3) is 0.500. The molecule has 3 aromatic rings. The number of nitrogens with zero attached hydrogens (tertiary/aromatic N) is 6. The number of likely N-dealkylation sites (tertiary alicyclic amines) is 1. The summed E-state index contributed by atoms with van der Waals surface area (Å²) in [5.74, 6) is 1.31. The average molecular weight is 505 g/mol. The van der Waals surface area contributed by atoms with Gasteiger partial charge in [-0.05, 0) is 58.6 Å². The summed E-state index contributed by atoms with van der Waals surface area (Å²) in [6.07, 6.45) is 5.25. The summed E-state index contributed by atoms with van der Waals surface area (Å²) in [7, 11) is 0. The molecule has 11 nitrogen and oxygen atoms in total. The van der Waals surface area contributed by atoms with Crippen molar-refractivity contribution in [3.8, 4) is 11.9 Å². The van der Waals surface area contributed by atoms with Gasteiger partial charge < -0.3 is 25.0 Å². The number of pyridine rings is 1. The van der Waals surface area contributed by atoms with Gasteiger partial charge >= 0.3 is 0 Å². The molecule has 2 N–H and O–H groups in total. The van der Waals surface area contributed by atoms with Crippen LogP contribution in [0.2, 0.25) is 0 Å². The van der Waals surface area contributed by atoms with Gasteiger partial charge in [0.2, 0.25) is 5.88 Å². The third kappa shape index (κ3) is 5.59. The van der Waals surface area contributed by atoms with Crippen LogP contribution in [0.3, 0.4) is 0 Å². The van der Waals surface area contributed by atoms with Gasteiger partial charge in [-0.15, -0.1) is 5.10 Å². The van der Waals surface area contributed by atoms with Crippen LogP contribution < -0.4 is 15.4 Å². The van der Waals surface area contributed by atoms with Crippen molar-refractivity contribution in [2.24, 2.45) is 0 Å². The Bertz CT molecular complexity index is 1330. The van der Waals surface area contributed by atoms with Crippen molar-refractivity contribution in [1.29, 1.82) is 5.26 Å². The van der Waals surface area contributed by atoms with Crippen LogP contribution in [0.15, 0.2) is 24.4 Å². The largest absolute Gasteiger partial charge is 0.471 e. The zero-order valence-electron chi connectivity index (χ0n) is 21.5. The summed E-state index contributed by atoms with van der Waals surface area (Å²) in [6.45, 7) is 8.65. The maximum absolute atomic E-state index is 13.2. The molecular formula is C26H32N8O3. The number of aromatic nitrogens is 4. The van der Waals surface area contributed by atoms with Crippen molar-refractivity contribution in [3.05, 3.63) is 35.7 Å². The van der Waals surface area contributed by atoms with Crippen molar-refractivity contribution < 1.29 is 14.3 Å². The van der Waals surface area contributed by atoms with Crippen LogP contribution in [0, 0.1) is 11.3 Å². The first-order chi connectivity index (χ1) is 17.8. The van der Waals surface area contributed by atoms with Gasteiger partial charge in [0.15, 0.2) is 11.3 Å². The minimum absolute atomic E-state index is 0.0723. The molecule has 5 heterocycles. The predicted molar refractivity (Wildman–Crippen MR) is 138 cm³/mol. The van der Waals surface area contributed by atoms with E-state index in [4.69, 9.17) is 9.47 Å². The first kappa shape index (κ1) is 24.8. The molecule has 0 radical (unpaired) electrons. The van der Waals surface area contributed by atoms with E-state index in [9.17, 15) is 10.1 Å². The smallest absolute Gasteiger partial charge is 0.259 e. The van der Waals surface area contributed by atoms with Crippen molar-refractivity contribution in [2.75, 3.05) is 36.9 Å². The van der Waals surface area contributed by atoms with Crippen molar-refractivity contribution >= 4 is 28.9 Å². The first-order valence-electron chi connectivity index (χ1n) is 12.7. The molecule has 0 atom stereocenters. The van der Waals surface area contributed by atoms with E-state index < -0.39 is 5.60 Å². The molecule has 0 bridgehead atoms. The quantitative estimate of drug-likeness (QED) is 0.515. The average Bonchev–Trinajstić information content (AvgIpc) is 3.54. The second-order valence-electron chi connectivity index (χ2n) is 10.4. The maximum Gasteiger partial charge on any atom is 0.259 e. The van der Waals surface area contributed by atoms with Crippen LogP contribution in [0.25, 0.3) is 5.65 Å². The Morgan fingerprint density at radius 1 is 1.19 bits per heavy atom. The maximum atomic E-state index is 13.2. The monoisotopic (exact) mass is 504 g/mol. The fourth-order valence-electron chi connectivity index (χ4n) is 4.53. The number of nitriles is 1. The van der Waals surface area contributed by atoms with E-state index in [1.807, 2.05) is 31.7 Å². The molecule has 2 fully saturated rings. The zero-order valence-corrected chi connectivity index (χ0v) is 21.5. The highest BCUT2D eigenvalue weighted by Gasteiger charge is 2.26. The SMILES string of the molecule is CC(C)(C)Oc1nc(Nc2cc(NC3CCOCC3)nn3c(C#N)cnc23)ccc1C(=O)N1CCCC1. The molecule has 0 saturated carbocycles. The Morgan fingerprint density at radius 2 is 1.95 bits per heavy atom. The molecule has 0 aromatic carbocycles. The van der Waals surface area contributed by atoms with Gasteiger partial charge in [-0.2, -0.15) is 14.8 Å². The number of carbonyl (C=O) groups excluding carboxylic acids is 1. The molecule has 3 aromatic heterocycles. The van der Waals surface area contributed by atoms with E-state index in [-0.39, 0.29) is 17.8 Å². The Hall–Kier alpha value is -3.91. The number of anilines is 3. The molecule has 2 aliphatic rings. The number of fused-ring (bicyclic) bond motifs is 1. The third-order valence-electron chi connectivity index (χ3n) is 6.31. The standard InChI is InChI=1S/C26H32N8O3/c1-26(2,3)37-24-19(25(35)33-10-4-5-11-33)6-7-21(31-24)30-20-14-22(29-17-8-12-36-13-9-17)32-34-18(15-27)16-28-23(20)34/h6-7,14,16-17H,4-5,8-13H2,1-3H3,(H,29,32)(H,30,31). The lowest BCUT2D eigenvalue weighted by Crippen LogP contribution is -2.30. The summed E-state index contributed by atoms with van der Waals surface area (Å²) in [4.78, 5) is 24.1. The van der Waals surface area contributed by atoms with E-state index >= 15 is 0 Å². The number of hydrogen-bond acceptors (Lipinski definition) is 9. The molecule has 0 unspecified atom stereocenters. The van der Waals surface area contributed by atoms with Gasteiger partial charge in [-0.25, -0.2) is 4.98 Å². The lowest BCUT2D eigenvalue weighted by atomic mass is 10.1. The molecule has 2 aliphatic heterocycles. The summed E-state index contributed by atoms with van der Waals surface area (Å²) in [6, 6.07) is 7.73. The molecule has 0 spiro atoms. The highest BCUT2D eigenvalue weighted by atomic mass is 16.5. The summed E-state index contributed by atoms with van der Waals surface area (Å²) < 4.78 is 13.1. The summed E-state index contributed by atoms with van der Waals surface area (Å²) >= 11 is 0. The van der Waals surface area contributed by atoms with Crippen LogP contribution in [0.5, 0.6) is 5.88 Å². The minimum Gasteiger partial charge on any atom is -0.471 e. The first-order valence-corrected chi connectivity index (χ1v) is 12.7. The zero-order chi connectivity index (χ0) is 26.0. The van der Waals surface area contributed by atoms with E-state index in [1.54, 1.807) is 12.1 Å². The van der Waals surface area contributed by atoms with E-state index in [1.165, 1.54) is 10.7 Å². The van der Waals surface area contributed by atoms with E-state index in [0.717, 1.165) is 38.8 Å². The summed E-state index contributed by atoms with van der Waals surface area (Å²) in [5, 5.41) is 20.9. The summed E-state index contributed by atoms with van der Waals surface area (Å²) in [5.41, 5.74) is 1.34. The predicted octanol–water partition coefficient (Wildman–Crippen LogP) is 3.74. The van der Waals surface area contributed by atoms with Crippen molar-refractivity contribution in [3.63, 3.8) is 0 Å². The van der Waals surface area contributed by atoms with Crippen LogP contribution >= 0.6 is 0 Å². The van der Waals surface area contributed by atoms with Gasteiger partial charge in [0.05, 0.1) is 11.9 Å². The molecule has 194 valence electrons. The van der Waals surface area contributed by atoms with Crippen LogP contribution in [-0.2, 0) is 4.74 Å². The molecular weight excluding hydrogens is 472 g/mol. The second kappa shape index (κ2) is 10.2. The van der Waals surface area contributed by atoms with Crippen LogP contribution in [-0.4, -0.2) is 68.3 Å². The van der Waals surface area contributed by atoms with E-state index in [2.05, 4.69) is 31.8 Å². The van der Waals surface area contributed by atoms with E-state index in [0.29, 0.717) is 47.4 Å². The van der Waals surface area contributed by atoms with Gasteiger partial charge in [-0.3, -0.25) is 4.79 Å². The molecule has 11 heteroatoms. The number of rotatable bonds is 6. The Kier molecular flexibility index (Phi) is 6.84. The number of ether oxygens (including phenoxy) is 2. The Morgan fingerprint density at radius 3 is 2.65 bits per heavy atom. The highest BCUT2D eigenvalue weighted by Crippen LogP contribution is 2.29. The number of nitrogens with one attached hydrogen (secondary N) is 2. The van der Waals surface area contributed by atoms with Crippen molar-refractivity contribution in [2.45, 2.75) is 58.1 Å². The number of amides is 1. The van der Waals surface area contributed by atoms with Gasteiger partial charge in [0.1, 0.15) is 28.9 Å². The number of imidazole rings is 1.